The summed E-state index contributed by atoms with van der Waals surface area (Å²) in [5, 5.41) is 12.4. The zero-order chi connectivity index (χ0) is 15.6. The first-order chi connectivity index (χ1) is 9.92. The first-order valence-corrected chi connectivity index (χ1v) is 7.23. The van der Waals surface area contributed by atoms with Gasteiger partial charge in [-0.2, -0.15) is 10.2 Å². The number of methoxy groups -OCH3 is 1. The first-order valence-electron chi connectivity index (χ1n) is 7.23. The van der Waals surface area contributed by atoms with E-state index in [4.69, 9.17) is 4.74 Å². The Hall–Kier alpha value is -1.53. The third-order valence-corrected chi connectivity index (χ3v) is 3.66. The van der Waals surface area contributed by atoms with E-state index in [9.17, 15) is 0 Å². The maximum absolute atomic E-state index is 5.41. The number of halogens is 1. The summed E-state index contributed by atoms with van der Waals surface area (Å²) in [7, 11) is 3.58. The molecule has 7 heteroatoms. The molecule has 0 saturated carbocycles. The molecule has 2 rings (SSSR count). The molecule has 2 heterocycles. The normalized spacial score (nSPS) is 12.1. The van der Waals surface area contributed by atoms with Gasteiger partial charge in [-0.1, -0.05) is 0 Å². The lowest BCUT2D eigenvalue weighted by Gasteiger charge is -2.15. The molecule has 2 aromatic heterocycles. The first kappa shape index (κ1) is 18.5. The van der Waals surface area contributed by atoms with Crippen LogP contribution in [-0.4, -0.2) is 32.7 Å². The van der Waals surface area contributed by atoms with Gasteiger partial charge in [0.25, 0.3) is 0 Å². The van der Waals surface area contributed by atoms with Gasteiger partial charge < -0.3 is 10.1 Å². The molecule has 0 aliphatic carbocycles. The molecule has 1 unspecified atom stereocenters. The van der Waals surface area contributed by atoms with Crippen LogP contribution in [0.1, 0.15) is 29.6 Å². The fraction of sp³-hybridized carbons (Fsp3) is 0.600. The second kappa shape index (κ2) is 7.65. The summed E-state index contributed by atoms with van der Waals surface area (Å²) in [5.41, 5.74) is 4.36. The predicted octanol–water partition coefficient (Wildman–Crippen LogP) is 2.15. The van der Waals surface area contributed by atoms with Crippen molar-refractivity contribution in [3.8, 4) is 5.88 Å². The molecule has 0 aliphatic heterocycles. The van der Waals surface area contributed by atoms with E-state index < -0.39 is 0 Å². The Morgan fingerprint density at radius 2 is 1.95 bits per heavy atom. The van der Waals surface area contributed by atoms with Gasteiger partial charge in [-0.05, 0) is 33.8 Å². The van der Waals surface area contributed by atoms with Gasteiger partial charge in [0.15, 0.2) is 0 Å². The molecular formula is C15H26ClN5O. The molecule has 0 amide bonds. The summed E-state index contributed by atoms with van der Waals surface area (Å²) >= 11 is 0. The lowest BCUT2D eigenvalue weighted by atomic mass is 10.2. The summed E-state index contributed by atoms with van der Waals surface area (Å²) < 4.78 is 9.23. The third-order valence-electron chi connectivity index (χ3n) is 3.66. The summed E-state index contributed by atoms with van der Waals surface area (Å²) in [6, 6.07) is 2.41. The monoisotopic (exact) mass is 327 g/mol. The van der Waals surface area contributed by atoms with Gasteiger partial charge in [-0.3, -0.25) is 4.68 Å². The van der Waals surface area contributed by atoms with Crippen LogP contribution in [0.4, 0.5) is 0 Å². The van der Waals surface area contributed by atoms with Crippen molar-refractivity contribution in [1.82, 2.24) is 24.9 Å². The molecule has 1 N–H and O–H groups in total. The van der Waals surface area contributed by atoms with Gasteiger partial charge in [0.2, 0.25) is 5.88 Å². The minimum absolute atomic E-state index is 0. The maximum Gasteiger partial charge on any atom is 0.216 e. The molecule has 124 valence electrons. The highest BCUT2D eigenvalue weighted by atomic mass is 35.5. The van der Waals surface area contributed by atoms with Crippen molar-refractivity contribution in [1.29, 1.82) is 0 Å². The van der Waals surface area contributed by atoms with E-state index in [2.05, 4.69) is 35.4 Å². The van der Waals surface area contributed by atoms with Crippen LogP contribution in [0.15, 0.2) is 6.07 Å². The fourth-order valence-electron chi connectivity index (χ4n) is 2.60. The van der Waals surface area contributed by atoms with E-state index in [1.807, 2.05) is 25.6 Å². The smallest absolute Gasteiger partial charge is 0.216 e. The van der Waals surface area contributed by atoms with Gasteiger partial charge in [-0.15, -0.1) is 12.4 Å². The lowest BCUT2D eigenvalue weighted by Crippen LogP contribution is -2.31. The molecule has 0 bridgehead atoms. The third kappa shape index (κ3) is 4.01. The highest BCUT2D eigenvalue weighted by Gasteiger charge is 2.15. The Labute approximate surface area is 138 Å². The van der Waals surface area contributed by atoms with Gasteiger partial charge in [-0.25, -0.2) is 4.68 Å². The van der Waals surface area contributed by atoms with Crippen LogP contribution in [0.25, 0.3) is 0 Å². The Balaban J connectivity index is 0.00000242. The summed E-state index contributed by atoms with van der Waals surface area (Å²) in [5.74, 6) is 0.818. The van der Waals surface area contributed by atoms with Crippen molar-refractivity contribution in [2.45, 2.75) is 46.8 Å². The van der Waals surface area contributed by atoms with Crippen molar-refractivity contribution in [3.05, 3.63) is 28.7 Å². The Kier molecular flexibility index (Phi) is 6.44. The summed E-state index contributed by atoms with van der Waals surface area (Å²) in [6.45, 7) is 9.86. The number of nitrogens with zero attached hydrogens (tertiary/aromatic N) is 4. The number of aromatic nitrogens is 4. The fourth-order valence-corrected chi connectivity index (χ4v) is 2.60. The van der Waals surface area contributed by atoms with Crippen LogP contribution in [0.3, 0.4) is 0 Å². The molecule has 0 aromatic carbocycles. The molecule has 0 aliphatic rings. The van der Waals surface area contributed by atoms with Crippen molar-refractivity contribution in [2.24, 2.45) is 7.05 Å². The van der Waals surface area contributed by atoms with E-state index in [-0.39, 0.29) is 12.4 Å². The van der Waals surface area contributed by atoms with Crippen LogP contribution in [-0.2, 0) is 20.1 Å². The van der Waals surface area contributed by atoms with Crippen LogP contribution in [0.5, 0.6) is 5.88 Å². The second-order valence-electron chi connectivity index (χ2n) is 5.59. The molecule has 0 fully saturated rings. The van der Waals surface area contributed by atoms with E-state index in [0.717, 1.165) is 35.9 Å². The van der Waals surface area contributed by atoms with E-state index in [1.54, 1.807) is 11.8 Å². The second-order valence-corrected chi connectivity index (χ2v) is 5.59. The molecule has 6 nitrogen and oxygen atoms in total. The molecule has 0 radical (unpaired) electrons. The number of nitrogens with one attached hydrogen (secondary N) is 1. The standard InChI is InChI=1S/C15H25N5O.ClH/c1-10-7-12(3)20(17-10)9-11(2)16-8-14-13(4)18-19(5)15(14)21-6;/h7,11,16H,8-9H2,1-6H3;1H. The maximum atomic E-state index is 5.41. The number of rotatable bonds is 6. The van der Waals surface area contributed by atoms with Crippen molar-refractivity contribution < 1.29 is 4.74 Å². The van der Waals surface area contributed by atoms with Crippen molar-refractivity contribution >= 4 is 12.4 Å². The lowest BCUT2D eigenvalue weighted by molar-refractivity contribution is 0.365. The van der Waals surface area contributed by atoms with Crippen LogP contribution in [0, 0.1) is 20.8 Å². The molecule has 1 atom stereocenters. The van der Waals surface area contributed by atoms with Crippen LogP contribution < -0.4 is 10.1 Å². The largest absolute Gasteiger partial charge is 0.481 e. The molecule has 0 spiro atoms. The minimum atomic E-state index is 0. The molecule has 0 saturated heterocycles. The number of aryl methyl sites for hydroxylation is 4. The molecular weight excluding hydrogens is 302 g/mol. The number of hydrogen-bond donors (Lipinski definition) is 1. The zero-order valence-electron chi connectivity index (χ0n) is 14.2. The molecule has 2 aromatic rings. The van der Waals surface area contributed by atoms with Crippen molar-refractivity contribution in [3.63, 3.8) is 0 Å². The van der Waals surface area contributed by atoms with Crippen molar-refractivity contribution in [2.75, 3.05) is 7.11 Å². The zero-order valence-corrected chi connectivity index (χ0v) is 15.0. The van der Waals surface area contributed by atoms with E-state index in [0.29, 0.717) is 6.04 Å². The van der Waals surface area contributed by atoms with Gasteiger partial charge in [0, 0.05) is 25.3 Å². The predicted molar refractivity (Wildman–Crippen MR) is 89.7 cm³/mol. The Morgan fingerprint density at radius 1 is 1.27 bits per heavy atom. The minimum Gasteiger partial charge on any atom is -0.481 e. The highest BCUT2D eigenvalue weighted by molar-refractivity contribution is 5.85. The summed E-state index contributed by atoms with van der Waals surface area (Å²) in [6.07, 6.45) is 0. The topological polar surface area (TPSA) is 56.9 Å². The van der Waals surface area contributed by atoms with E-state index >= 15 is 0 Å². The molecule has 22 heavy (non-hydrogen) atoms. The highest BCUT2D eigenvalue weighted by Crippen LogP contribution is 2.20. The number of ether oxygens (including phenoxy) is 1. The van der Waals surface area contributed by atoms with Gasteiger partial charge >= 0.3 is 0 Å². The average molecular weight is 328 g/mol. The average Bonchev–Trinajstić information content (AvgIpc) is 2.86. The van der Waals surface area contributed by atoms with Crippen LogP contribution >= 0.6 is 12.4 Å². The quantitative estimate of drug-likeness (QED) is 0.883. The van der Waals surface area contributed by atoms with Crippen LogP contribution in [0.2, 0.25) is 0 Å². The SMILES string of the molecule is COc1c(CNC(C)Cn2nc(C)cc2C)c(C)nn1C.Cl. The van der Waals surface area contributed by atoms with Gasteiger partial charge in [0.05, 0.1) is 30.6 Å². The summed E-state index contributed by atoms with van der Waals surface area (Å²) in [4.78, 5) is 0. The van der Waals surface area contributed by atoms with Gasteiger partial charge in [0.1, 0.15) is 0 Å². The number of hydrogen-bond acceptors (Lipinski definition) is 4. The van der Waals surface area contributed by atoms with E-state index in [1.165, 1.54) is 5.69 Å². The Bertz CT molecular complexity index is 620. The Morgan fingerprint density at radius 3 is 2.50 bits per heavy atom.